The van der Waals surface area contributed by atoms with Crippen LogP contribution in [0, 0.1) is 12.7 Å². The molecule has 0 aliphatic carbocycles. The number of hydrogen-bond acceptors (Lipinski definition) is 3. The summed E-state index contributed by atoms with van der Waals surface area (Å²) in [4.78, 5) is 8.80. The number of rotatable bonds is 8. The average molecular weight is 511 g/mol. The lowest BCUT2D eigenvalue weighted by atomic mass is 10.3. The van der Waals surface area contributed by atoms with E-state index in [9.17, 15) is 4.39 Å². The van der Waals surface area contributed by atoms with Gasteiger partial charge >= 0.3 is 0 Å². The normalized spacial score (nSPS) is 11.2. The molecule has 0 saturated heterocycles. The van der Waals surface area contributed by atoms with Crippen molar-refractivity contribution >= 4 is 41.0 Å². The number of imidazole rings is 1. The standard InChI is InChI=1S/C21H26FN5O.HI/c1-16-26-19-9-3-4-10-20(19)27(16)13-6-11-24-21(23-2)25-12-14-28-18-8-5-7-17(22)15-18;/h3-5,7-10,15H,6,11-14H2,1-2H3,(H2,23,24,25);1H. The molecule has 0 aliphatic heterocycles. The number of halogens is 2. The molecule has 0 atom stereocenters. The quantitative estimate of drug-likeness (QED) is 0.210. The molecular weight excluding hydrogens is 484 g/mol. The van der Waals surface area contributed by atoms with Crippen molar-refractivity contribution in [2.75, 3.05) is 26.7 Å². The van der Waals surface area contributed by atoms with Crippen LogP contribution in [0.1, 0.15) is 12.2 Å². The molecule has 0 spiro atoms. The highest BCUT2D eigenvalue weighted by Crippen LogP contribution is 2.15. The second kappa shape index (κ2) is 11.6. The number of nitrogens with zero attached hydrogens (tertiary/aromatic N) is 3. The molecule has 0 unspecified atom stereocenters. The summed E-state index contributed by atoms with van der Waals surface area (Å²) >= 11 is 0. The van der Waals surface area contributed by atoms with E-state index < -0.39 is 0 Å². The van der Waals surface area contributed by atoms with Gasteiger partial charge in [-0.15, -0.1) is 24.0 Å². The van der Waals surface area contributed by atoms with Crippen LogP contribution < -0.4 is 15.4 Å². The number of benzene rings is 2. The predicted octanol–water partition coefficient (Wildman–Crippen LogP) is 3.74. The van der Waals surface area contributed by atoms with Gasteiger partial charge in [0.1, 0.15) is 24.0 Å². The Morgan fingerprint density at radius 1 is 1.14 bits per heavy atom. The molecule has 0 aliphatic rings. The van der Waals surface area contributed by atoms with Crippen molar-refractivity contribution in [1.29, 1.82) is 0 Å². The maximum absolute atomic E-state index is 13.1. The first-order valence-corrected chi connectivity index (χ1v) is 9.42. The predicted molar refractivity (Wildman–Crippen MR) is 126 cm³/mol. The van der Waals surface area contributed by atoms with E-state index in [2.05, 4.69) is 31.2 Å². The smallest absolute Gasteiger partial charge is 0.191 e. The van der Waals surface area contributed by atoms with Gasteiger partial charge in [0.25, 0.3) is 0 Å². The van der Waals surface area contributed by atoms with Crippen molar-refractivity contribution in [2.45, 2.75) is 19.9 Å². The monoisotopic (exact) mass is 511 g/mol. The van der Waals surface area contributed by atoms with Crippen LogP contribution in [0.2, 0.25) is 0 Å². The number of hydrogen-bond donors (Lipinski definition) is 2. The summed E-state index contributed by atoms with van der Waals surface area (Å²) < 4.78 is 20.9. The van der Waals surface area contributed by atoms with Gasteiger partial charge in [-0.2, -0.15) is 0 Å². The molecule has 2 N–H and O–H groups in total. The average Bonchev–Trinajstić information content (AvgIpc) is 3.02. The number of nitrogens with one attached hydrogen (secondary N) is 2. The summed E-state index contributed by atoms with van der Waals surface area (Å²) in [5, 5.41) is 6.49. The van der Waals surface area contributed by atoms with Crippen molar-refractivity contribution < 1.29 is 9.13 Å². The molecule has 6 nitrogen and oxygen atoms in total. The van der Waals surface area contributed by atoms with Gasteiger partial charge in [0.05, 0.1) is 17.6 Å². The highest BCUT2D eigenvalue weighted by molar-refractivity contribution is 14.0. The Morgan fingerprint density at radius 2 is 1.93 bits per heavy atom. The van der Waals surface area contributed by atoms with Crippen LogP contribution in [-0.2, 0) is 6.54 Å². The molecule has 0 amide bonds. The van der Waals surface area contributed by atoms with Gasteiger partial charge in [0, 0.05) is 26.2 Å². The molecule has 0 radical (unpaired) electrons. The molecule has 8 heteroatoms. The lowest BCUT2D eigenvalue weighted by molar-refractivity contribution is 0.320. The Bertz CT molecular complexity index is 944. The van der Waals surface area contributed by atoms with Crippen LogP contribution >= 0.6 is 24.0 Å². The van der Waals surface area contributed by atoms with Crippen LogP contribution in [0.15, 0.2) is 53.5 Å². The third-order valence-electron chi connectivity index (χ3n) is 4.38. The fourth-order valence-corrected chi connectivity index (χ4v) is 3.04. The van der Waals surface area contributed by atoms with Gasteiger partial charge in [0.2, 0.25) is 0 Å². The van der Waals surface area contributed by atoms with E-state index in [1.165, 1.54) is 12.1 Å². The first-order valence-electron chi connectivity index (χ1n) is 9.42. The van der Waals surface area contributed by atoms with Crippen molar-refractivity contribution in [3.8, 4) is 5.75 Å². The maximum atomic E-state index is 13.1. The van der Waals surface area contributed by atoms with Crippen LogP contribution in [0.4, 0.5) is 4.39 Å². The minimum atomic E-state index is -0.302. The molecule has 29 heavy (non-hydrogen) atoms. The van der Waals surface area contributed by atoms with E-state index in [0.29, 0.717) is 18.9 Å². The minimum absolute atomic E-state index is 0. The van der Waals surface area contributed by atoms with E-state index in [-0.39, 0.29) is 29.8 Å². The molecule has 0 saturated carbocycles. The zero-order valence-corrected chi connectivity index (χ0v) is 19.0. The van der Waals surface area contributed by atoms with Crippen LogP contribution in [-0.4, -0.2) is 42.3 Å². The molecule has 0 fully saturated rings. The van der Waals surface area contributed by atoms with E-state index >= 15 is 0 Å². The summed E-state index contributed by atoms with van der Waals surface area (Å²) in [5.41, 5.74) is 2.20. The van der Waals surface area contributed by atoms with Gasteiger partial charge in [-0.3, -0.25) is 4.99 Å². The van der Waals surface area contributed by atoms with E-state index in [4.69, 9.17) is 4.74 Å². The van der Waals surface area contributed by atoms with Crippen LogP contribution in [0.5, 0.6) is 5.75 Å². The Hall–Kier alpha value is -2.36. The number of ether oxygens (including phenoxy) is 1. The number of aliphatic imine (C=N–C) groups is 1. The first-order chi connectivity index (χ1) is 13.7. The fraction of sp³-hybridized carbons (Fsp3) is 0.333. The number of guanidine groups is 1. The van der Waals surface area contributed by atoms with E-state index in [1.54, 1.807) is 19.2 Å². The van der Waals surface area contributed by atoms with Crippen molar-refractivity contribution in [3.63, 3.8) is 0 Å². The third kappa shape index (κ3) is 6.59. The van der Waals surface area contributed by atoms with Gasteiger partial charge in [0.15, 0.2) is 5.96 Å². The number of fused-ring (bicyclic) bond motifs is 1. The highest BCUT2D eigenvalue weighted by atomic mass is 127. The lowest BCUT2D eigenvalue weighted by Crippen LogP contribution is -2.39. The van der Waals surface area contributed by atoms with E-state index in [1.807, 2.05) is 25.1 Å². The zero-order chi connectivity index (χ0) is 19.8. The minimum Gasteiger partial charge on any atom is -0.492 e. The second-order valence-electron chi connectivity index (χ2n) is 6.38. The Morgan fingerprint density at radius 3 is 2.72 bits per heavy atom. The second-order valence-corrected chi connectivity index (χ2v) is 6.38. The van der Waals surface area contributed by atoms with Crippen molar-refractivity contribution in [1.82, 2.24) is 20.2 Å². The Balaban J connectivity index is 0.00000300. The molecule has 3 aromatic rings. The SMILES string of the molecule is CN=C(NCCCn1c(C)nc2ccccc21)NCCOc1cccc(F)c1.I. The zero-order valence-electron chi connectivity index (χ0n) is 16.7. The molecule has 156 valence electrons. The molecule has 1 aromatic heterocycles. The van der Waals surface area contributed by atoms with Gasteiger partial charge in [-0.25, -0.2) is 9.37 Å². The highest BCUT2D eigenvalue weighted by Gasteiger charge is 2.06. The van der Waals surface area contributed by atoms with Crippen molar-refractivity contribution in [2.24, 2.45) is 4.99 Å². The topological polar surface area (TPSA) is 63.5 Å². The summed E-state index contributed by atoms with van der Waals surface area (Å²) in [6.45, 7) is 4.70. The molecule has 1 heterocycles. The largest absolute Gasteiger partial charge is 0.492 e. The third-order valence-corrected chi connectivity index (χ3v) is 4.38. The van der Waals surface area contributed by atoms with Crippen molar-refractivity contribution in [3.05, 3.63) is 60.2 Å². The number of aromatic nitrogens is 2. The Labute approximate surface area is 187 Å². The first kappa shape index (κ1) is 22.9. The van der Waals surface area contributed by atoms with E-state index in [0.717, 1.165) is 42.3 Å². The maximum Gasteiger partial charge on any atom is 0.191 e. The number of para-hydroxylation sites is 2. The fourth-order valence-electron chi connectivity index (χ4n) is 3.04. The lowest BCUT2D eigenvalue weighted by Gasteiger charge is -2.13. The van der Waals surface area contributed by atoms with Gasteiger partial charge in [-0.1, -0.05) is 18.2 Å². The molecule has 3 rings (SSSR count). The Kier molecular flexibility index (Phi) is 9.17. The van der Waals surface area contributed by atoms with Gasteiger partial charge < -0.3 is 19.9 Å². The molecule has 0 bridgehead atoms. The van der Waals surface area contributed by atoms with Gasteiger partial charge in [-0.05, 0) is 37.6 Å². The summed E-state index contributed by atoms with van der Waals surface area (Å²) in [6.07, 6.45) is 0.946. The van der Waals surface area contributed by atoms with Crippen LogP contribution in [0.3, 0.4) is 0 Å². The molecule has 2 aromatic carbocycles. The summed E-state index contributed by atoms with van der Waals surface area (Å²) in [7, 11) is 1.73. The number of aryl methyl sites for hydroxylation is 2. The summed E-state index contributed by atoms with van der Waals surface area (Å²) in [5.74, 6) is 1.96. The van der Waals surface area contributed by atoms with Crippen LogP contribution in [0.25, 0.3) is 11.0 Å². The summed E-state index contributed by atoms with van der Waals surface area (Å²) in [6, 6.07) is 14.3. The molecular formula is C21H27FIN5O.